The van der Waals surface area contributed by atoms with E-state index in [2.05, 4.69) is 5.32 Å². The van der Waals surface area contributed by atoms with Crippen molar-refractivity contribution in [3.05, 3.63) is 70.0 Å². The maximum Gasteiger partial charge on any atom is 0.345 e. The molecule has 0 unspecified atom stereocenters. The summed E-state index contributed by atoms with van der Waals surface area (Å²) in [5.41, 5.74) is -0.462. The molecule has 0 aliphatic carbocycles. The Morgan fingerprint density at radius 2 is 1.91 bits per heavy atom. The topological polar surface area (TPSA) is 98.5 Å². The first kappa shape index (κ1) is 16.1. The van der Waals surface area contributed by atoms with Crippen molar-refractivity contribution in [2.45, 2.75) is 0 Å². The molecule has 0 fully saturated rings. The molecule has 2 rings (SSSR count). The van der Waals surface area contributed by atoms with Crippen molar-refractivity contribution in [2.24, 2.45) is 0 Å². The largest absolute Gasteiger partial charge is 0.452 e. The van der Waals surface area contributed by atoms with E-state index in [0.29, 0.717) is 0 Å². The lowest BCUT2D eigenvalue weighted by molar-refractivity contribution is -0.385. The molecule has 2 aromatic carbocycles. The third-order valence-corrected chi connectivity index (χ3v) is 2.76. The number of hydrogen-bond acceptors (Lipinski definition) is 5. The van der Waals surface area contributed by atoms with E-state index < -0.39 is 34.9 Å². The highest BCUT2D eigenvalue weighted by Gasteiger charge is 2.21. The van der Waals surface area contributed by atoms with Crippen LogP contribution in [0.3, 0.4) is 0 Å². The molecule has 118 valence electrons. The fourth-order valence-electron chi connectivity index (χ4n) is 1.78. The van der Waals surface area contributed by atoms with Crippen LogP contribution in [0.1, 0.15) is 10.4 Å². The number of amides is 1. The quantitative estimate of drug-likeness (QED) is 0.519. The van der Waals surface area contributed by atoms with E-state index in [9.17, 15) is 24.1 Å². The number of ether oxygens (including phenoxy) is 1. The molecule has 1 N–H and O–H groups in total. The van der Waals surface area contributed by atoms with E-state index in [4.69, 9.17) is 4.74 Å². The highest BCUT2D eigenvalue weighted by atomic mass is 19.1. The van der Waals surface area contributed by atoms with Crippen LogP contribution in [0.4, 0.5) is 15.8 Å². The first-order valence-corrected chi connectivity index (χ1v) is 6.43. The van der Waals surface area contributed by atoms with Crippen molar-refractivity contribution in [1.29, 1.82) is 0 Å². The van der Waals surface area contributed by atoms with Gasteiger partial charge in [-0.25, -0.2) is 9.18 Å². The van der Waals surface area contributed by atoms with Crippen molar-refractivity contribution >= 4 is 23.3 Å². The number of benzene rings is 2. The minimum absolute atomic E-state index is 0.205. The zero-order chi connectivity index (χ0) is 16.8. The summed E-state index contributed by atoms with van der Waals surface area (Å²) < 4.78 is 17.7. The van der Waals surface area contributed by atoms with E-state index in [0.717, 1.165) is 12.1 Å². The number of carbonyl (C=O) groups is 2. The van der Waals surface area contributed by atoms with E-state index in [1.807, 2.05) is 0 Å². The summed E-state index contributed by atoms with van der Waals surface area (Å²) in [7, 11) is 0. The molecule has 8 heteroatoms. The van der Waals surface area contributed by atoms with Crippen molar-refractivity contribution in [2.75, 3.05) is 11.9 Å². The van der Waals surface area contributed by atoms with Gasteiger partial charge in [0, 0.05) is 11.8 Å². The lowest BCUT2D eigenvalue weighted by Crippen LogP contribution is -2.21. The van der Waals surface area contributed by atoms with Gasteiger partial charge in [-0.3, -0.25) is 14.9 Å². The van der Waals surface area contributed by atoms with Gasteiger partial charge in [-0.15, -0.1) is 0 Å². The average molecular weight is 318 g/mol. The molecule has 0 spiro atoms. The van der Waals surface area contributed by atoms with E-state index in [1.165, 1.54) is 36.4 Å². The zero-order valence-corrected chi connectivity index (χ0v) is 11.7. The Bertz CT molecular complexity index is 763. The molecule has 0 aliphatic rings. The van der Waals surface area contributed by atoms with Crippen LogP contribution < -0.4 is 5.32 Å². The van der Waals surface area contributed by atoms with E-state index in [-0.39, 0.29) is 11.3 Å². The Morgan fingerprint density at radius 1 is 1.17 bits per heavy atom. The molecule has 0 heterocycles. The highest BCUT2D eigenvalue weighted by Crippen LogP contribution is 2.18. The van der Waals surface area contributed by atoms with Crippen molar-refractivity contribution in [3.63, 3.8) is 0 Å². The highest BCUT2D eigenvalue weighted by molar-refractivity contribution is 5.97. The number of nitro benzene ring substituents is 1. The standard InChI is InChI=1S/C15H11FN2O5/c16-10-4-3-5-11(8-10)17-14(19)9-23-15(20)12-6-1-2-7-13(12)18(21)22/h1-8H,9H2,(H,17,19). The maximum atomic E-state index is 13.0. The molecule has 0 radical (unpaired) electrons. The van der Waals surface area contributed by atoms with Gasteiger partial charge in [0.2, 0.25) is 0 Å². The third kappa shape index (κ3) is 4.34. The van der Waals surface area contributed by atoms with Crippen LogP contribution in [-0.2, 0) is 9.53 Å². The summed E-state index contributed by atoms with van der Waals surface area (Å²) in [6, 6.07) is 10.4. The van der Waals surface area contributed by atoms with Gasteiger partial charge in [0.15, 0.2) is 6.61 Å². The van der Waals surface area contributed by atoms with Gasteiger partial charge in [0.25, 0.3) is 11.6 Å². The van der Waals surface area contributed by atoms with Crippen LogP contribution in [0.15, 0.2) is 48.5 Å². The van der Waals surface area contributed by atoms with Crippen LogP contribution in [0.25, 0.3) is 0 Å². The Balaban J connectivity index is 1.97. The summed E-state index contributed by atoms with van der Waals surface area (Å²) >= 11 is 0. The van der Waals surface area contributed by atoms with Gasteiger partial charge in [-0.2, -0.15) is 0 Å². The molecule has 0 aliphatic heterocycles. The number of para-hydroxylation sites is 1. The second-order valence-corrected chi connectivity index (χ2v) is 4.41. The van der Waals surface area contributed by atoms with Crippen molar-refractivity contribution in [1.82, 2.24) is 0 Å². The minimum Gasteiger partial charge on any atom is -0.452 e. The number of nitro groups is 1. The Hall–Kier alpha value is -3.29. The molecule has 0 saturated carbocycles. The second-order valence-electron chi connectivity index (χ2n) is 4.41. The number of esters is 1. The molecule has 2 aromatic rings. The molecule has 0 bridgehead atoms. The summed E-state index contributed by atoms with van der Waals surface area (Å²) in [6.07, 6.45) is 0. The van der Waals surface area contributed by atoms with Crippen LogP contribution >= 0.6 is 0 Å². The number of halogens is 1. The van der Waals surface area contributed by atoms with Crippen LogP contribution in [0.5, 0.6) is 0 Å². The fraction of sp³-hybridized carbons (Fsp3) is 0.0667. The SMILES string of the molecule is O=C(COC(=O)c1ccccc1[N+](=O)[O-])Nc1cccc(F)c1. The lowest BCUT2D eigenvalue weighted by Gasteiger charge is -2.07. The Kier molecular flexibility index (Phi) is 4.98. The number of anilines is 1. The number of rotatable bonds is 5. The van der Waals surface area contributed by atoms with Crippen molar-refractivity contribution in [3.8, 4) is 0 Å². The third-order valence-electron chi connectivity index (χ3n) is 2.76. The van der Waals surface area contributed by atoms with Gasteiger partial charge >= 0.3 is 5.97 Å². The monoisotopic (exact) mass is 318 g/mol. The molecule has 23 heavy (non-hydrogen) atoms. The molecule has 0 saturated heterocycles. The average Bonchev–Trinajstić information content (AvgIpc) is 2.52. The molecule has 0 aromatic heterocycles. The predicted molar refractivity (Wildman–Crippen MR) is 78.4 cm³/mol. The lowest BCUT2D eigenvalue weighted by atomic mass is 10.2. The maximum absolute atomic E-state index is 13.0. The van der Waals surface area contributed by atoms with Crippen LogP contribution in [-0.4, -0.2) is 23.4 Å². The normalized spacial score (nSPS) is 9.96. The van der Waals surface area contributed by atoms with Gasteiger partial charge < -0.3 is 10.1 Å². The number of hydrogen-bond donors (Lipinski definition) is 1. The van der Waals surface area contributed by atoms with E-state index in [1.54, 1.807) is 0 Å². The van der Waals surface area contributed by atoms with Gasteiger partial charge in [0.1, 0.15) is 11.4 Å². The number of carbonyl (C=O) groups excluding carboxylic acids is 2. The van der Waals surface area contributed by atoms with Crippen molar-refractivity contribution < 1.29 is 23.6 Å². The first-order valence-electron chi connectivity index (χ1n) is 6.43. The van der Waals surface area contributed by atoms with Gasteiger partial charge in [0.05, 0.1) is 4.92 Å². The van der Waals surface area contributed by atoms with Crippen LogP contribution in [0, 0.1) is 15.9 Å². The molecule has 7 nitrogen and oxygen atoms in total. The summed E-state index contributed by atoms with van der Waals surface area (Å²) in [6.45, 7) is -0.651. The predicted octanol–water partition coefficient (Wildman–Crippen LogP) is 2.53. The fourth-order valence-corrected chi connectivity index (χ4v) is 1.78. The van der Waals surface area contributed by atoms with Gasteiger partial charge in [-0.05, 0) is 24.3 Å². The summed E-state index contributed by atoms with van der Waals surface area (Å²) in [5.74, 6) is -2.21. The smallest absolute Gasteiger partial charge is 0.345 e. The second kappa shape index (κ2) is 7.12. The van der Waals surface area contributed by atoms with Gasteiger partial charge in [-0.1, -0.05) is 18.2 Å². The molecule has 1 amide bonds. The minimum atomic E-state index is -0.994. The molecular formula is C15H11FN2O5. The summed E-state index contributed by atoms with van der Waals surface area (Å²) in [4.78, 5) is 33.5. The first-order chi connectivity index (χ1) is 11.0. The number of nitrogens with zero attached hydrogens (tertiary/aromatic N) is 1. The zero-order valence-electron chi connectivity index (χ0n) is 11.7. The molecular weight excluding hydrogens is 307 g/mol. The van der Waals surface area contributed by atoms with E-state index >= 15 is 0 Å². The number of nitrogens with one attached hydrogen (secondary N) is 1. The van der Waals surface area contributed by atoms with Crippen LogP contribution in [0.2, 0.25) is 0 Å². The summed E-state index contributed by atoms with van der Waals surface area (Å²) in [5, 5.41) is 13.2. The molecule has 0 atom stereocenters. The Morgan fingerprint density at radius 3 is 2.61 bits per heavy atom. The Labute approximate surface area is 129 Å².